The average molecular weight is 525 g/mol. The lowest BCUT2D eigenvalue weighted by Gasteiger charge is -2.38. The lowest BCUT2D eigenvalue weighted by molar-refractivity contribution is -0.119. The number of hydrogen-bond acceptors (Lipinski definition) is 4. The standard InChI is InChI=1S/C27H42ClFN4O3/c1-19(34)31-13-15-36-26(23-11-6-12-24(28)25(23)29)21-10-7-14-33(18-21)27(35)32-22(17-30-2)16-20-8-4-3-5-9-20/h6,11-12,20-22,26,30H,3-5,7-10,13-18H2,1-2H3,(H,31,34)(H,32,35)/t21-,22?,26+/m1/s1. The number of hydrogen-bond donors (Lipinski definition) is 3. The monoisotopic (exact) mass is 524 g/mol. The van der Waals surface area contributed by atoms with Crippen LogP contribution in [0.2, 0.25) is 5.02 Å². The normalized spacial score (nSPS) is 20.6. The van der Waals surface area contributed by atoms with Gasteiger partial charge in [0.1, 0.15) is 5.82 Å². The van der Waals surface area contributed by atoms with E-state index < -0.39 is 11.9 Å². The highest BCUT2D eigenvalue weighted by Gasteiger charge is 2.33. The van der Waals surface area contributed by atoms with E-state index in [4.69, 9.17) is 16.3 Å². The van der Waals surface area contributed by atoms with Crippen molar-refractivity contribution in [3.63, 3.8) is 0 Å². The van der Waals surface area contributed by atoms with Crippen LogP contribution < -0.4 is 16.0 Å². The summed E-state index contributed by atoms with van der Waals surface area (Å²) in [5.74, 6) is -0.0598. The second-order valence-corrected chi connectivity index (χ2v) is 10.6. The Kier molecular flexibility index (Phi) is 11.7. The van der Waals surface area contributed by atoms with Crippen molar-refractivity contribution < 1.29 is 18.7 Å². The number of likely N-dealkylation sites (tertiary alicyclic amines) is 1. The highest BCUT2D eigenvalue weighted by Crippen LogP contribution is 2.36. The lowest BCUT2D eigenvalue weighted by atomic mass is 9.85. The molecule has 7 nitrogen and oxygen atoms in total. The smallest absolute Gasteiger partial charge is 0.317 e. The number of ether oxygens (including phenoxy) is 1. The van der Waals surface area contributed by atoms with Crippen LogP contribution in [0.1, 0.15) is 70.0 Å². The van der Waals surface area contributed by atoms with Gasteiger partial charge in [0.25, 0.3) is 0 Å². The Morgan fingerprint density at radius 2 is 1.97 bits per heavy atom. The number of nitrogens with one attached hydrogen (secondary N) is 3. The number of halogens is 2. The molecule has 1 aromatic rings. The second kappa shape index (κ2) is 14.7. The molecule has 1 aromatic carbocycles. The largest absolute Gasteiger partial charge is 0.371 e. The number of carbonyl (C=O) groups is 2. The molecule has 202 valence electrons. The summed E-state index contributed by atoms with van der Waals surface area (Å²) in [5.41, 5.74) is 0.392. The van der Waals surface area contributed by atoms with Crippen molar-refractivity contribution >= 4 is 23.5 Å². The van der Waals surface area contributed by atoms with E-state index in [2.05, 4.69) is 16.0 Å². The number of likely N-dealkylation sites (N-methyl/N-ethyl adjacent to an activating group) is 1. The zero-order valence-corrected chi connectivity index (χ0v) is 22.4. The Hall–Kier alpha value is -1.90. The van der Waals surface area contributed by atoms with Crippen LogP contribution in [-0.4, -0.2) is 62.7 Å². The van der Waals surface area contributed by atoms with E-state index >= 15 is 0 Å². The van der Waals surface area contributed by atoms with Crippen LogP contribution in [0.3, 0.4) is 0 Å². The van der Waals surface area contributed by atoms with E-state index in [1.807, 2.05) is 11.9 Å². The molecular weight excluding hydrogens is 483 g/mol. The third kappa shape index (κ3) is 8.60. The molecule has 1 saturated carbocycles. The Balaban J connectivity index is 1.66. The molecule has 36 heavy (non-hydrogen) atoms. The van der Waals surface area contributed by atoms with E-state index in [9.17, 15) is 14.0 Å². The molecule has 3 amide bonds. The molecule has 0 radical (unpaired) electrons. The molecular formula is C27H42ClFN4O3. The Labute approximate surface area is 219 Å². The maximum atomic E-state index is 15.0. The van der Waals surface area contributed by atoms with Crippen molar-refractivity contribution in [3.8, 4) is 0 Å². The predicted octanol–water partition coefficient (Wildman–Crippen LogP) is 4.65. The molecule has 9 heteroatoms. The van der Waals surface area contributed by atoms with E-state index in [1.54, 1.807) is 12.1 Å². The van der Waals surface area contributed by atoms with Gasteiger partial charge in [-0.25, -0.2) is 9.18 Å². The van der Waals surface area contributed by atoms with Crippen LogP contribution in [0.4, 0.5) is 9.18 Å². The first-order valence-corrected chi connectivity index (χ1v) is 13.8. The minimum atomic E-state index is -0.566. The van der Waals surface area contributed by atoms with Crippen LogP contribution >= 0.6 is 11.6 Å². The fourth-order valence-corrected chi connectivity index (χ4v) is 5.79. The molecule has 3 atom stereocenters. The second-order valence-electron chi connectivity index (χ2n) is 10.2. The summed E-state index contributed by atoms with van der Waals surface area (Å²) in [4.78, 5) is 26.4. The van der Waals surface area contributed by atoms with Crippen molar-refractivity contribution in [1.29, 1.82) is 0 Å². The number of benzene rings is 1. The third-order valence-corrected chi connectivity index (χ3v) is 7.65. The number of urea groups is 1. The number of piperidine rings is 1. The van der Waals surface area contributed by atoms with Gasteiger partial charge in [-0.05, 0) is 38.3 Å². The van der Waals surface area contributed by atoms with Crippen LogP contribution in [0.25, 0.3) is 0 Å². The van der Waals surface area contributed by atoms with Gasteiger partial charge in [0.15, 0.2) is 0 Å². The van der Waals surface area contributed by atoms with Crippen molar-refractivity contribution in [1.82, 2.24) is 20.9 Å². The van der Waals surface area contributed by atoms with Gasteiger partial charge in [-0.15, -0.1) is 0 Å². The van der Waals surface area contributed by atoms with Crippen molar-refractivity contribution in [3.05, 3.63) is 34.6 Å². The molecule has 2 aliphatic rings. The summed E-state index contributed by atoms with van der Waals surface area (Å²) >= 11 is 6.08. The number of rotatable bonds is 11. The van der Waals surface area contributed by atoms with Crippen molar-refractivity contribution in [2.24, 2.45) is 11.8 Å². The molecule has 3 rings (SSSR count). The van der Waals surface area contributed by atoms with E-state index in [-0.39, 0.29) is 35.5 Å². The lowest BCUT2D eigenvalue weighted by Crippen LogP contribution is -2.52. The van der Waals surface area contributed by atoms with Gasteiger partial charge >= 0.3 is 6.03 Å². The Bertz CT molecular complexity index is 852. The van der Waals surface area contributed by atoms with Crippen LogP contribution in [0, 0.1) is 17.7 Å². The number of nitrogens with zero attached hydrogens (tertiary/aromatic N) is 1. The molecule has 1 saturated heterocycles. The molecule has 1 unspecified atom stereocenters. The van der Waals surface area contributed by atoms with Gasteiger partial charge in [0.2, 0.25) is 5.91 Å². The number of amides is 3. The highest BCUT2D eigenvalue weighted by molar-refractivity contribution is 6.30. The molecule has 0 aromatic heterocycles. The first kappa shape index (κ1) is 28.7. The van der Waals surface area contributed by atoms with Crippen LogP contribution in [0.5, 0.6) is 0 Å². The van der Waals surface area contributed by atoms with Gasteiger partial charge in [-0.1, -0.05) is 55.8 Å². The van der Waals surface area contributed by atoms with Gasteiger partial charge in [0, 0.05) is 50.6 Å². The highest BCUT2D eigenvalue weighted by atomic mass is 35.5. The fraction of sp³-hybridized carbons (Fsp3) is 0.704. The minimum Gasteiger partial charge on any atom is -0.371 e. The fourth-order valence-electron chi connectivity index (χ4n) is 5.61. The quantitative estimate of drug-likeness (QED) is 0.368. The van der Waals surface area contributed by atoms with E-state index in [0.29, 0.717) is 31.1 Å². The summed E-state index contributed by atoms with van der Waals surface area (Å²) in [7, 11) is 1.92. The summed E-state index contributed by atoms with van der Waals surface area (Å²) < 4.78 is 21.1. The summed E-state index contributed by atoms with van der Waals surface area (Å²) in [6.07, 6.45) is 8.40. The maximum Gasteiger partial charge on any atom is 0.317 e. The maximum absolute atomic E-state index is 15.0. The summed E-state index contributed by atoms with van der Waals surface area (Å²) in [5, 5.41) is 9.24. The van der Waals surface area contributed by atoms with Gasteiger partial charge in [-0.3, -0.25) is 4.79 Å². The van der Waals surface area contributed by atoms with Crippen LogP contribution in [0.15, 0.2) is 18.2 Å². The van der Waals surface area contributed by atoms with Crippen LogP contribution in [-0.2, 0) is 9.53 Å². The van der Waals surface area contributed by atoms with E-state index in [0.717, 1.165) is 25.8 Å². The van der Waals surface area contributed by atoms with Gasteiger partial charge in [-0.2, -0.15) is 0 Å². The molecule has 3 N–H and O–H groups in total. The molecule has 0 spiro atoms. The average Bonchev–Trinajstić information content (AvgIpc) is 2.87. The van der Waals surface area contributed by atoms with Gasteiger partial charge in [0.05, 0.1) is 17.7 Å². The van der Waals surface area contributed by atoms with Crippen molar-refractivity contribution in [2.75, 3.05) is 39.8 Å². The summed E-state index contributed by atoms with van der Waals surface area (Å²) in [6.45, 7) is 3.89. The topological polar surface area (TPSA) is 82.7 Å². The first-order valence-electron chi connectivity index (χ1n) is 13.4. The SMILES string of the molecule is CNCC(CC1CCCCC1)NC(=O)N1CCC[C@@H]([C@H](OCCNC(C)=O)c2cccc(Cl)c2F)C1. The molecule has 2 fully saturated rings. The Morgan fingerprint density at radius 1 is 1.19 bits per heavy atom. The first-order chi connectivity index (χ1) is 17.4. The van der Waals surface area contributed by atoms with E-state index in [1.165, 1.54) is 45.1 Å². The predicted molar refractivity (Wildman–Crippen MR) is 141 cm³/mol. The third-order valence-electron chi connectivity index (χ3n) is 7.36. The number of carbonyl (C=O) groups excluding carboxylic acids is 2. The summed E-state index contributed by atoms with van der Waals surface area (Å²) in [6, 6.07) is 4.94. The zero-order valence-electron chi connectivity index (χ0n) is 21.7. The Morgan fingerprint density at radius 3 is 2.69 bits per heavy atom. The zero-order chi connectivity index (χ0) is 25.9. The molecule has 0 bridgehead atoms. The van der Waals surface area contributed by atoms with Gasteiger partial charge < -0.3 is 25.6 Å². The molecule has 1 heterocycles. The molecule has 1 aliphatic carbocycles. The molecule has 1 aliphatic heterocycles. The van der Waals surface area contributed by atoms with Crippen molar-refractivity contribution in [2.45, 2.75) is 70.4 Å². The minimum absolute atomic E-state index is 0.0472.